The zero-order chi connectivity index (χ0) is 18.1. The van der Waals surface area contributed by atoms with Gasteiger partial charge in [0.05, 0.1) is 12.9 Å². The molecule has 0 saturated carbocycles. The van der Waals surface area contributed by atoms with E-state index in [0.29, 0.717) is 19.6 Å². The number of hydrogen-bond acceptors (Lipinski definition) is 3. The Labute approximate surface area is 148 Å². The molecule has 0 saturated heterocycles. The maximum atomic E-state index is 12.3. The predicted molar refractivity (Wildman–Crippen MR) is 95.8 cm³/mol. The van der Waals surface area contributed by atoms with Crippen molar-refractivity contribution in [3.05, 3.63) is 54.6 Å². The highest BCUT2D eigenvalue weighted by atomic mass is 16.2. The molecule has 2 aromatic rings. The van der Waals surface area contributed by atoms with Gasteiger partial charge in [0.2, 0.25) is 5.91 Å². The van der Waals surface area contributed by atoms with Crippen LogP contribution in [0.15, 0.2) is 49.1 Å². The number of urea groups is 1. The molecule has 0 aliphatic carbocycles. The number of likely N-dealkylation sites (N-methyl/N-ethyl adjacent to an activating group) is 1. The smallest absolute Gasteiger partial charge is 0.315 e. The zero-order valence-electron chi connectivity index (χ0n) is 14.7. The summed E-state index contributed by atoms with van der Waals surface area (Å²) in [4.78, 5) is 29.9. The lowest BCUT2D eigenvalue weighted by Gasteiger charge is -2.22. The Morgan fingerprint density at radius 1 is 1.28 bits per heavy atom. The van der Waals surface area contributed by atoms with E-state index in [1.165, 1.54) is 0 Å². The fraction of sp³-hybridized carbons (Fsp3) is 0.389. The van der Waals surface area contributed by atoms with Gasteiger partial charge in [-0.05, 0) is 19.4 Å². The molecule has 0 spiro atoms. The van der Waals surface area contributed by atoms with Crippen LogP contribution in [0.25, 0.3) is 0 Å². The van der Waals surface area contributed by atoms with Crippen LogP contribution in [0, 0.1) is 0 Å². The van der Waals surface area contributed by atoms with E-state index in [-0.39, 0.29) is 24.5 Å². The SMILES string of the molecule is CCN(Cc1ccccc1)C(=O)CNC(=O)N[C@@H](C)Cn1ccnc1. The van der Waals surface area contributed by atoms with Crippen LogP contribution in [0.5, 0.6) is 0 Å². The molecule has 0 aliphatic rings. The van der Waals surface area contributed by atoms with Gasteiger partial charge in [0, 0.05) is 38.1 Å². The summed E-state index contributed by atoms with van der Waals surface area (Å²) in [7, 11) is 0. The Balaban J connectivity index is 1.74. The van der Waals surface area contributed by atoms with Crippen molar-refractivity contribution in [2.75, 3.05) is 13.1 Å². The van der Waals surface area contributed by atoms with E-state index < -0.39 is 0 Å². The fourth-order valence-corrected chi connectivity index (χ4v) is 2.48. The minimum atomic E-state index is -0.350. The average Bonchev–Trinajstić information content (AvgIpc) is 3.11. The summed E-state index contributed by atoms with van der Waals surface area (Å²) in [5.74, 6) is -0.108. The molecule has 1 heterocycles. The van der Waals surface area contributed by atoms with Crippen LogP contribution in [0.1, 0.15) is 19.4 Å². The van der Waals surface area contributed by atoms with E-state index >= 15 is 0 Å². The number of imidazole rings is 1. The minimum absolute atomic E-state index is 0.0235. The van der Waals surface area contributed by atoms with Crippen molar-refractivity contribution >= 4 is 11.9 Å². The second-order valence-corrected chi connectivity index (χ2v) is 5.88. The Morgan fingerprint density at radius 2 is 2.04 bits per heavy atom. The maximum Gasteiger partial charge on any atom is 0.315 e. The number of carbonyl (C=O) groups is 2. The van der Waals surface area contributed by atoms with E-state index in [1.54, 1.807) is 17.4 Å². The van der Waals surface area contributed by atoms with Gasteiger partial charge >= 0.3 is 6.03 Å². The highest BCUT2D eigenvalue weighted by Gasteiger charge is 2.14. The monoisotopic (exact) mass is 343 g/mol. The van der Waals surface area contributed by atoms with Gasteiger partial charge in [-0.15, -0.1) is 0 Å². The van der Waals surface area contributed by atoms with Crippen molar-refractivity contribution in [1.82, 2.24) is 25.1 Å². The number of benzene rings is 1. The lowest BCUT2D eigenvalue weighted by molar-refractivity contribution is -0.130. The van der Waals surface area contributed by atoms with Crippen LogP contribution in [-0.2, 0) is 17.9 Å². The molecule has 0 radical (unpaired) electrons. The van der Waals surface area contributed by atoms with Crippen molar-refractivity contribution < 1.29 is 9.59 Å². The summed E-state index contributed by atoms with van der Waals surface area (Å²) in [5.41, 5.74) is 1.07. The molecule has 134 valence electrons. The largest absolute Gasteiger partial charge is 0.337 e. The summed E-state index contributed by atoms with van der Waals surface area (Å²) >= 11 is 0. The number of carbonyl (C=O) groups excluding carboxylic acids is 2. The van der Waals surface area contributed by atoms with Crippen LogP contribution >= 0.6 is 0 Å². The van der Waals surface area contributed by atoms with Crippen molar-refractivity contribution in [2.45, 2.75) is 33.0 Å². The quantitative estimate of drug-likeness (QED) is 0.764. The lowest BCUT2D eigenvalue weighted by atomic mass is 10.2. The van der Waals surface area contributed by atoms with E-state index in [1.807, 2.05) is 54.9 Å². The van der Waals surface area contributed by atoms with Crippen LogP contribution < -0.4 is 10.6 Å². The van der Waals surface area contributed by atoms with Gasteiger partial charge in [0.15, 0.2) is 0 Å². The number of rotatable bonds is 8. The number of nitrogens with zero attached hydrogens (tertiary/aromatic N) is 3. The van der Waals surface area contributed by atoms with Gasteiger partial charge in [-0.2, -0.15) is 0 Å². The first-order valence-electron chi connectivity index (χ1n) is 8.40. The van der Waals surface area contributed by atoms with E-state index in [4.69, 9.17) is 0 Å². The van der Waals surface area contributed by atoms with Crippen LogP contribution in [0.3, 0.4) is 0 Å². The summed E-state index contributed by atoms with van der Waals surface area (Å²) in [6, 6.07) is 9.37. The molecule has 3 amide bonds. The number of hydrogen-bond donors (Lipinski definition) is 2. The van der Waals surface area contributed by atoms with E-state index in [0.717, 1.165) is 5.56 Å². The molecule has 0 unspecified atom stereocenters. The minimum Gasteiger partial charge on any atom is -0.337 e. The Morgan fingerprint density at radius 3 is 2.68 bits per heavy atom. The molecule has 7 heteroatoms. The Kier molecular flexibility index (Phi) is 7.00. The number of amides is 3. The Bertz CT molecular complexity index is 657. The molecule has 1 aromatic heterocycles. The third-order valence-electron chi connectivity index (χ3n) is 3.77. The fourth-order valence-electron chi connectivity index (χ4n) is 2.48. The summed E-state index contributed by atoms with van der Waals surface area (Å²) in [6.45, 7) is 5.55. The third-order valence-corrected chi connectivity index (χ3v) is 3.77. The van der Waals surface area contributed by atoms with Crippen molar-refractivity contribution in [1.29, 1.82) is 0 Å². The van der Waals surface area contributed by atoms with Crippen molar-refractivity contribution in [3.8, 4) is 0 Å². The van der Waals surface area contributed by atoms with Gasteiger partial charge in [0.25, 0.3) is 0 Å². The molecule has 0 bridgehead atoms. The first-order chi connectivity index (χ1) is 12.1. The molecule has 7 nitrogen and oxygen atoms in total. The van der Waals surface area contributed by atoms with Crippen molar-refractivity contribution in [3.63, 3.8) is 0 Å². The summed E-state index contributed by atoms with van der Waals surface area (Å²) in [5, 5.41) is 5.44. The molecular formula is C18H25N5O2. The highest BCUT2D eigenvalue weighted by Crippen LogP contribution is 2.04. The van der Waals surface area contributed by atoms with Crippen LogP contribution in [-0.4, -0.2) is 45.5 Å². The third kappa shape index (κ3) is 6.29. The first-order valence-corrected chi connectivity index (χ1v) is 8.40. The summed E-state index contributed by atoms with van der Waals surface area (Å²) in [6.07, 6.45) is 5.22. The highest BCUT2D eigenvalue weighted by molar-refractivity contribution is 5.84. The van der Waals surface area contributed by atoms with Gasteiger partial charge in [0.1, 0.15) is 0 Å². The predicted octanol–water partition coefficient (Wildman–Crippen LogP) is 1.62. The van der Waals surface area contributed by atoms with Crippen LogP contribution in [0.2, 0.25) is 0 Å². The second kappa shape index (κ2) is 9.46. The molecule has 1 atom stereocenters. The molecule has 2 rings (SSSR count). The normalized spacial score (nSPS) is 11.6. The zero-order valence-corrected chi connectivity index (χ0v) is 14.7. The van der Waals surface area contributed by atoms with Gasteiger partial charge < -0.3 is 20.1 Å². The Hall–Kier alpha value is -2.83. The topological polar surface area (TPSA) is 79.3 Å². The number of aromatic nitrogens is 2. The molecule has 1 aromatic carbocycles. The molecule has 25 heavy (non-hydrogen) atoms. The van der Waals surface area contributed by atoms with Gasteiger partial charge in [-0.25, -0.2) is 9.78 Å². The van der Waals surface area contributed by atoms with Gasteiger partial charge in [-0.1, -0.05) is 30.3 Å². The van der Waals surface area contributed by atoms with E-state index in [9.17, 15) is 9.59 Å². The standard InChI is InChI=1S/C18H25N5O2/c1-3-23(13-16-7-5-4-6-8-16)17(24)11-20-18(25)21-15(2)12-22-10-9-19-14-22/h4-10,14-15H,3,11-13H2,1-2H3,(H2,20,21,25)/t15-/m0/s1. The lowest BCUT2D eigenvalue weighted by Crippen LogP contribution is -2.46. The van der Waals surface area contributed by atoms with Crippen LogP contribution in [0.4, 0.5) is 4.79 Å². The molecule has 0 aliphatic heterocycles. The van der Waals surface area contributed by atoms with E-state index in [2.05, 4.69) is 15.6 Å². The molecule has 0 fully saturated rings. The van der Waals surface area contributed by atoms with Crippen molar-refractivity contribution in [2.24, 2.45) is 0 Å². The maximum absolute atomic E-state index is 12.3. The second-order valence-electron chi connectivity index (χ2n) is 5.88. The number of nitrogens with one attached hydrogen (secondary N) is 2. The average molecular weight is 343 g/mol. The first kappa shape index (κ1) is 18.5. The molecular weight excluding hydrogens is 318 g/mol. The van der Waals surface area contributed by atoms with Gasteiger partial charge in [-0.3, -0.25) is 4.79 Å². The summed E-state index contributed by atoms with van der Waals surface area (Å²) < 4.78 is 1.88. The molecule has 2 N–H and O–H groups in total.